The largest absolute Gasteiger partial charge is 0.378 e. The van der Waals surface area contributed by atoms with E-state index in [0.717, 1.165) is 54.0 Å². The second-order valence-corrected chi connectivity index (χ2v) is 10.0. The van der Waals surface area contributed by atoms with E-state index in [2.05, 4.69) is 6.92 Å². The van der Waals surface area contributed by atoms with Gasteiger partial charge in [-0.1, -0.05) is 11.1 Å². The molecule has 8 bridgehead atoms. The molecule has 1 unspecified atom stereocenters. The molecule has 23 heavy (non-hydrogen) atoms. The molecule has 8 fully saturated rings. The number of allylic oxidation sites excluding steroid dienone is 1. The molecule has 0 amide bonds. The lowest BCUT2D eigenvalue weighted by atomic mass is 9.47. The molecule has 0 aliphatic heterocycles. The highest BCUT2D eigenvalue weighted by molar-refractivity contribution is 5.34. The molecular weight excluding hydrogens is 280 g/mol. The molecule has 0 saturated heterocycles. The van der Waals surface area contributed by atoms with Gasteiger partial charge in [0.2, 0.25) is 0 Å². The van der Waals surface area contributed by atoms with Crippen LogP contribution in [0, 0.1) is 47.3 Å². The van der Waals surface area contributed by atoms with Gasteiger partial charge in [-0.05, 0) is 106 Å². The third-order valence-electron chi connectivity index (χ3n) is 8.84. The zero-order valence-electron chi connectivity index (χ0n) is 14.7. The maximum absolute atomic E-state index is 6.36. The van der Waals surface area contributed by atoms with E-state index in [1.54, 1.807) is 32.1 Å². The van der Waals surface area contributed by atoms with Crippen LogP contribution in [0.2, 0.25) is 0 Å². The fourth-order valence-corrected chi connectivity index (χ4v) is 8.69. The van der Waals surface area contributed by atoms with Gasteiger partial charge in [0.1, 0.15) is 0 Å². The summed E-state index contributed by atoms with van der Waals surface area (Å²) in [5.74, 6) is 7.95. The van der Waals surface area contributed by atoms with Gasteiger partial charge in [0.25, 0.3) is 0 Å². The molecule has 8 rings (SSSR count). The van der Waals surface area contributed by atoms with Crippen molar-refractivity contribution in [2.24, 2.45) is 47.3 Å². The summed E-state index contributed by atoms with van der Waals surface area (Å²) in [7, 11) is 0. The maximum atomic E-state index is 6.36. The molecule has 1 heteroatoms. The Balaban J connectivity index is 1.43. The molecule has 126 valence electrons. The van der Waals surface area contributed by atoms with Crippen LogP contribution in [0.1, 0.15) is 64.7 Å². The molecule has 0 heterocycles. The first-order valence-electron chi connectivity index (χ1n) is 10.7. The molecule has 0 N–H and O–H groups in total. The highest BCUT2D eigenvalue weighted by atomic mass is 16.5. The van der Waals surface area contributed by atoms with Crippen molar-refractivity contribution in [3.8, 4) is 0 Å². The third kappa shape index (κ3) is 1.89. The van der Waals surface area contributed by atoms with Crippen molar-refractivity contribution in [2.75, 3.05) is 6.61 Å². The Bertz CT molecular complexity index is 516. The molecule has 0 aromatic rings. The monoisotopic (exact) mass is 312 g/mol. The fourth-order valence-electron chi connectivity index (χ4n) is 8.69. The van der Waals surface area contributed by atoms with Gasteiger partial charge >= 0.3 is 0 Å². The summed E-state index contributed by atoms with van der Waals surface area (Å²) < 4.78 is 6.36. The van der Waals surface area contributed by atoms with Crippen molar-refractivity contribution in [2.45, 2.75) is 70.8 Å². The van der Waals surface area contributed by atoms with Crippen LogP contribution in [0.25, 0.3) is 0 Å². The summed E-state index contributed by atoms with van der Waals surface area (Å²) in [6.07, 6.45) is 14.4. The van der Waals surface area contributed by atoms with Crippen LogP contribution in [-0.4, -0.2) is 12.7 Å². The summed E-state index contributed by atoms with van der Waals surface area (Å²) in [4.78, 5) is 0. The van der Waals surface area contributed by atoms with Crippen LogP contribution >= 0.6 is 0 Å². The number of rotatable bonds is 2. The summed E-state index contributed by atoms with van der Waals surface area (Å²) in [6, 6.07) is 0. The van der Waals surface area contributed by atoms with Crippen LogP contribution in [0.5, 0.6) is 0 Å². The fraction of sp³-hybridized carbons (Fsp3) is 0.909. The Labute approximate surface area is 141 Å². The average Bonchev–Trinajstić information content (AvgIpc) is 2.51. The smallest absolute Gasteiger partial charge is 0.0668 e. The van der Waals surface area contributed by atoms with Crippen molar-refractivity contribution in [1.82, 2.24) is 0 Å². The lowest BCUT2D eigenvalue weighted by Gasteiger charge is -2.59. The zero-order valence-corrected chi connectivity index (χ0v) is 14.7. The standard InChI is InChI=1S/C22H32O/c1-2-23-22-18-9-14-8-17(11-18)21(19(22)10-14)20-15-4-12-3-13(6-15)7-16(20)5-12/h12-19,22H,2-11H2,1H3/t12?,13?,14-,15?,16?,17+,18-,19+,22?/m1/s1. The van der Waals surface area contributed by atoms with Gasteiger partial charge in [-0.25, -0.2) is 0 Å². The summed E-state index contributed by atoms with van der Waals surface area (Å²) in [5.41, 5.74) is 4.04. The number of hydrogen-bond donors (Lipinski definition) is 0. The number of ether oxygens (including phenoxy) is 1. The van der Waals surface area contributed by atoms with Gasteiger partial charge in [0.05, 0.1) is 6.10 Å². The molecule has 0 radical (unpaired) electrons. The highest BCUT2D eigenvalue weighted by Crippen LogP contribution is 2.63. The normalized spacial score (nSPS) is 56.0. The molecule has 1 nitrogen and oxygen atoms in total. The molecule has 8 aliphatic rings. The Kier molecular flexibility index (Phi) is 2.95. The molecule has 0 aromatic heterocycles. The first-order valence-corrected chi connectivity index (χ1v) is 10.7. The average molecular weight is 312 g/mol. The first kappa shape index (κ1) is 13.9. The van der Waals surface area contributed by atoms with Gasteiger partial charge < -0.3 is 4.74 Å². The Morgan fingerprint density at radius 2 is 1.30 bits per heavy atom. The number of hydrogen-bond acceptors (Lipinski definition) is 1. The first-order chi connectivity index (χ1) is 11.3. The third-order valence-corrected chi connectivity index (χ3v) is 8.84. The van der Waals surface area contributed by atoms with Crippen molar-refractivity contribution in [1.29, 1.82) is 0 Å². The van der Waals surface area contributed by atoms with Crippen molar-refractivity contribution < 1.29 is 4.74 Å². The van der Waals surface area contributed by atoms with E-state index in [-0.39, 0.29) is 0 Å². The van der Waals surface area contributed by atoms with E-state index in [9.17, 15) is 0 Å². The Hall–Kier alpha value is -0.300. The highest BCUT2D eigenvalue weighted by Gasteiger charge is 2.55. The molecule has 8 saturated carbocycles. The van der Waals surface area contributed by atoms with Gasteiger partial charge in [-0.3, -0.25) is 0 Å². The van der Waals surface area contributed by atoms with Crippen molar-refractivity contribution in [3.05, 3.63) is 11.1 Å². The summed E-state index contributed by atoms with van der Waals surface area (Å²) >= 11 is 0. The van der Waals surface area contributed by atoms with Crippen LogP contribution in [0.15, 0.2) is 11.1 Å². The minimum absolute atomic E-state index is 0.590. The Morgan fingerprint density at radius 1 is 0.696 bits per heavy atom. The summed E-state index contributed by atoms with van der Waals surface area (Å²) in [5, 5.41) is 0. The van der Waals surface area contributed by atoms with Crippen LogP contribution in [0.4, 0.5) is 0 Å². The summed E-state index contributed by atoms with van der Waals surface area (Å²) in [6.45, 7) is 3.13. The van der Waals surface area contributed by atoms with Gasteiger partial charge in [0, 0.05) is 12.5 Å². The van der Waals surface area contributed by atoms with E-state index in [1.165, 1.54) is 25.7 Å². The molecule has 8 aliphatic carbocycles. The lowest BCUT2D eigenvalue weighted by molar-refractivity contribution is -0.0979. The second-order valence-electron chi connectivity index (χ2n) is 10.0. The van der Waals surface area contributed by atoms with Crippen molar-refractivity contribution >= 4 is 0 Å². The SMILES string of the molecule is CCOC1[C@@H]2C[C@H]3C[C@@H](C2)C(=C2C4CC5CC(C4)CC2C5)[C@@H]1C3. The van der Waals surface area contributed by atoms with Crippen LogP contribution < -0.4 is 0 Å². The molecule has 0 aromatic carbocycles. The van der Waals surface area contributed by atoms with E-state index >= 15 is 0 Å². The Morgan fingerprint density at radius 3 is 1.96 bits per heavy atom. The zero-order chi connectivity index (χ0) is 15.1. The van der Waals surface area contributed by atoms with Crippen LogP contribution in [0.3, 0.4) is 0 Å². The van der Waals surface area contributed by atoms with E-state index in [0.29, 0.717) is 6.10 Å². The van der Waals surface area contributed by atoms with E-state index in [1.807, 2.05) is 11.1 Å². The van der Waals surface area contributed by atoms with Gasteiger partial charge in [-0.2, -0.15) is 0 Å². The van der Waals surface area contributed by atoms with E-state index in [4.69, 9.17) is 4.74 Å². The predicted molar refractivity (Wildman–Crippen MR) is 91.9 cm³/mol. The van der Waals surface area contributed by atoms with Gasteiger partial charge in [-0.15, -0.1) is 0 Å². The van der Waals surface area contributed by atoms with Gasteiger partial charge in [0.15, 0.2) is 0 Å². The van der Waals surface area contributed by atoms with E-state index < -0.39 is 0 Å². The van der Waals surface area contributed by atoms with Crippen LogP contribution in [-0.2, 0) is 4.74 Å². The molecular formula is C22H32O. The maximum Gasteiger partial charge on any atom is 0.0668 e. The molecule has 0 spiro atoms. The minimum Gasteiger partial charge on any atom is -0.378 e. The van der Waals surface area contributed by atoms with Crippen molar-refractivity contribution in [3.63, 3.8) is 0 Å². The minimum atomic E-state index is 0.590. The quantitative estimate of drug-likeness (QED) is 0.636. The lowest BCUT2D eigenvalue weighted by Crippen LogP contribution is -2.53. The second kappa shape index (κ2) is 4.87. The molecule has 5 atom stereocenters. The predicted octanol–water partition coefficient (Wildman–Crippen LogP) is 5.21. The topological polar surface area (TPSA) is 9.23 Å².